The number of nitrogens with one attached hydrogen (secondary N) is 1. The van der Waals surface area contributed by atoms with E-state index in [9.17, 15) is 0 Å². The molecule has 1 aromatic rings. The van der Waals surface area contributed by atoms with Crippen molar-refractivity contribution in [1.82, 2.24) is 5.32 Å². The van der Waals surface area contributed by atoms with E-state index in [1.54, 1.807) is 0 Å². The zero-order chi connectivity index (χ0) is 11.5. The van der Waals surface area contributed by atoms with Crippen molar-refractivity contribution in [2.75, 3.05) is 6.54 Å². The highest BCUT2D eigenvalue weighted by Gasteiger charge is 2.18. The first-order valence-electron chi connectivity index (χ1n) is 6.47. The van der Waals surface area contributed by atoms with Crippen molar-refractivity contribution < 1.29 is 0 Å². The minimum atomic E-state index is 0.487. The lowest BCUT2D eigenvalue weighted by atomic mass is 9.85. The van der Waals surface area contributed by atoms with Crippen molar-refractivity contribution in [3.8, 4) is 0 Å². The Kier molecular flexibility index (Phi) is 3.65. The van der Waals surface area contributed by atoms with Crippen LogP contribution in [0.15, 0.2) is 18.2 Å². The Bertz CT molecular complexity index is 352. The highest BCUT2D eigenvalue weighted by atomic mass is 14.9. The topological polar surface area (TPSA) is 12.0 Å². The summed E-state index contributed by atoms with van der Waals surface area (Å²) in [6.07, 6.45) is 4.28. The smallest absolute Gasteiger partial charge is 0.0294 e. The van der Waals surface area contributed by atoms with E-state index in [-0.39, 0.29) is 0 Å². The molecule has 1 aliphatic carbocycles. The van der Waals surface area contributed by atoms with Crippen LogP contribution < -0.4 is 5.32 Å². The Hall–Kier alpha value is -0.820. The van der Waals surface area contributed by atoms with Crippen molar-refractivity contribution in [3.05, 3.63) is 34.9 Å². The summed E-state index contributed by atoms with van der Waals surface area (Å²) in [5.74, 6) is 0.938. The van der Waals surface area contributed by atoms with E-state index in [1.165, 1.54) is 42.5 Å². The Balaban J connectivity index is 1.93. The molecule has 16 heavy (non-hydrogen) atoms. The molecule has 1 aromatic carbocycles. The average Bonchev–Trinajstić information content (AvgIpc) is 2.14. The first-order valence-corrected chi connectivity index (χ1v) is 6.47. The summed E-state index contributed by atoms with van der Waals surface area (Å²) in [4.78, 5) is 0. The third-order valence-corrected chi connectivity index (χ3v) is 3.83. The largest absolute Gasteiger partial charge is 0.310 e. The summed E-state index contributed by atoms with van der Waals surface area (Å²) in [7, 11) is 0. The Morgan fingerprint density at radius 3 is 2.62 bits per heavy atom. The van der Waals surface area contributed by atoms with Crippen LogP contribution in [0.3, 0.4) is 0 Å². The fourth-order valence-electron chi connectivity index (χ4n) is 2.46. The first kappa shape index (κ1) is 11.7. The number of aryl methyl sites for hydroxylation is 2. The first-order chi connectivity index (χ1) is 7.66. The molecule has 1 unspecified atom stereocenters. The lowest BCUT2D eigenvalue weighted by Crippen LogP contribution is -2.29. The van der Waals surface area contributed by atoms with Crippen LogP contribution in [0.25, 0.3) is 0 Å². The van der Waals surface area contributed by atoms with Crippen LogP contribution in [-0.2, 0) is 0 Å². The third kappa shape index (κ3) is 2.65. The molecule has 0 aromatic heterocycles. The molecule has 1 aliphatic rings. The normalized spacial score (nSPS) is 18.2. The van der Waals surface area contributed by atoms with E-state index in [1.807, 2.05) is 0 Å². The van der Waals surface area contributed by atoms with Gasteiger partial charge in [0.1, 0.15) is 0 Å². The Morgan fingerprint density at radius 2 is 2.06 bits per heavy atom. The second kappa shape index (κ2) is 5.01. The van der Waals surface area contributed by atoms with Gasteiger partial charge in [-0.25, -0.2) is 0 Å². The summed E-state index contributed by atoms with van der Waals surface area (Å²) in [6.45, 7) is 7.83. The SMILES string of the molecule is Cc1ccc(C(C)NCC2CCC2)c(C)c1. The van der Waals surface area contributed by atoms with Gasteiger partial charge in [-0.05, 0) is 57.2 Å². The van der Waals surface area contributed by atoms with Crippen LogP contribution >= 0.6 is 0 Å². The van der Waals surface area contributed by atoms with Crippen LogP contribution in [0.5, 0.6) is 0 Å². The summed E-state index contributed by atoms with van der Waals surface area (Å²) in [5, 5.41) is 3.66. The molecule has 1 N–H and O–H groups in total. The third-order valence-electron chi connectivity index (χ3n) is 3.83. The van der Waals surface area contributed by atoms with Gasteiger partial charge in [0.25, 0.3) is 0 Å². The second-order valence-corrected chi connectivity index (χ2v) is 5.29. The van der Waals surface area contributed by atoms with Crippen molar-refractivity contribution in [2.45, 2.75) is 46.1 Å². The molecule has 0 saturated heterocycles. The predicted octanol–water partition coefficient (Wildman–Crippen LogP) is 3.75. The molecule has 0 spiro atoms. The van der Waals surface area contributed by atoms with Gasteiger partial charge in [-0.3, -0.25) is 0 Å². The lowest BCUT2D eigenvalue weighted by Gasteiger charge is -2.28. The zero-order valence-electron chi connectivity index (χ0n) is 10.7. The lowest BCUT2D eigenvalue weighted by molar-refractivity contribution is 0.292. The maximum absolute atomic E-state index is 3.66. The van der Waals surface area contributed by atoms with Crippen LogP contribution in [-0.4, -0.2) is 6.54 Å². The van der Waals surface area contributed by atoms with Gasteiger partial charge in [0.2, 0.25) is 0 Å². The van der Waals surface area contributed by atoms with E-state index in [2.05, 4.69) is 44.3 Å². The molecule has 1 fully saturated rings. The Morgan fingerprint density at radius 1 is 1.31 bits per heavy atom. The quantitative estimate of drug-likeness (QED) is 0.810. The predicted molar refractivity (Wildman–Crippen MR) is 69.7 cm³/mol. The van der Waals surface area contributed by atoms with Crippen molar-refractivity contribution >= 4 is 0 Å². The van der Waals surface area contributed by atoms with E-state index in [0.29, 0.717) is 6.04 Å². The molecule has 1 atom stereocenters. The summed E-state index contributed by atoms with van der Waals surface area (Å²) in [5.41, 5.74) is 4.21. The maximum Gasteiger partial charge on any atom is 0.0294 e. The van der Waals surface area contributed by atoms with Gasteiger partial charge in [0, 0.05) is 6.04 Å². The van der Waals surface area contributed by atoms with Gasteiger partial charge >= 0.3 is 0 Å². The molecule has 0 radical (unpaired) electrons. The number of hydrogen-bond donors (Lipinski definition) is 1. The molecular weight excluding hydrogens is 194 g/mol. The molecule has 88 valence electrons. The molecule has 1 saturated carbocycles. The van der Waals surface area contributed by atoms with Gasteiger partial charge < -0.3 is 5.32 Å². The van der Waals surface area contributed by atoms with E-state index in [4.69, 9.17) is 0 Å². The van der Waals surface area contributed by atoms with Crippen molar-refractivity contribution in [1.29, 1.82) is 0 Å². The molecule has 0 amide bonds. The van der Waals surface area contributed by atoms with Gasteiger partial charge in [-0.15, -0.1) is 0 Å². The van der Waals surface area contributed by atoms with E-state index < -0.39 is 0 Å². The molecule has 0 aliphatic heterocycles. The number of benzene rings is 1. The molecule has 2 rings (SSSR count). The fourth-order valence-corrected chi connectivity index (χ4v) is 2.46. The monoisotopic (exact) mass is 217 g/mol. The number of hydrogen-bond acceptors (Lipinski definition) is 1. The maximum atomic E-state index is 3.66. The van der Waals surface area contributed by atoms with E-state index in [0.717, 1.165) is 5.92 Å². The molecule has 0 bridgehead atoms. The molecule has 1 nitrogen and oxygen atoms in total. The van der Waals surface area contributed by atoms with Crippen LogP contribution in [0.2, 0.25) is 0 Å². The van der Waals surface area contributed by atoms with Crippen LogP contribution in [0.1, 0.15) is 48.9 Å². The average molecular weight is 217 g/mol. The van der Waals surface area contributed by atoms with Crippen LogP contribution in [0, 0.1) is 19.8 Å². The highest BCUT2D eigenvalue weighted by molar-refractivity contribution is 5.32. The summed E-state index contributed by atoms with van der Waals surface area (Å²) in [6, 6.07) is 7.24. The second-order valence-electron chi connectivity index (χ2n) is 5.29. The number of rotatable bonds is 4. The molecular formula is C15H23N. The fraction of sp³-hybridized carbons (Fsp3) is 0.600. The minimum Gasteiger partial charge on any atom is -0.310 e. The highest BCUT2D eigenvalue weighted by Crippen LogP contribution is 2.26. The van der Waals surface area contributed by atoms with Gasteiger partial charge in [-0.1, -0.05) is 30.2 Å². The standard InChI is InChI=1S/C15H23N/c1-11-7-8-15(12(2)9-11)13(3)16-10-14-5-4-6-14/h7-9,13-14,16H,4-6,10H2,1-3H3. The molecule has 0 heterocycles. The van der Waals surface area contributed by atoms with Crippen LogP contribution in [0.4, 0.5) is 0 Å². The summed E-state index contributed by atoms with van der Waals surface area (Å²) < 4.78 is 0. The van der Waals surface area contributed by atoms with Gasteiger partial charge in [0.15, 0.2) is 0 Å². The minimum absolute atomic E-state index is 0.487. The Labute approximate surface area is 99.3 Å². The summed E-state index contributed by atoms with van der Waals surface area (Å²) >= 11 is 0. The zero-order valence-corrected chi connectivity index (χ0v) is 10.7. The van der Waals surface area contributed by atoms with Crippen molar-refractivity contribution in [3.63, 3.8) is 0 Å². The van der Waals surface area contributed by atoms with Gasteiger partial charge in [-0.2, -0.15) is 0 Å². The van der Waals surface area contributed by atoms with Gasteiger partial charge in [0.05, 0.1) is 0 Å². The van der Waals surface area contributed by atoms with Crippen molar-refractivity contribution in [2.24, 2.45) is 5.92 Å². The molecule has 1 heteroatoms. The van der Waals surface area contributed by atoms with E-state index >= 15 is 0 Å².